The molecule has 14 heavy (non-hydrogen) atoms. The van der Waals surface area contributed by atoms with E-state index in [9.17, 15) is 0 Å². The van der Waals surface area contributed by atoms with Crippen molar-refractivity contribution in [3.05, 3.63) is 6.20 Å². The van der Waals surface area contributed by atoms with Crippen LogP contribution in [-0.4, -0.2) is 24.9 Å². The van der Waals surface area contributed by atoms with Crippen LogP contribution in [0.4, 0.5) is 5.88 Å². The summed E-state index contributed by atoms with van der Waals surface area (Å²) in [6.07, 6.45) is 2.92. The van der Waals surface area contributed by atoms with E-state index in [0.29, 0.717) is 5.88 Å². The minimum atomic E-state index is -0.0415. The van der Waals surface area contributed by atoms with Crippen LogP contribution in [0.2, 0.25) is 0 Å². The first-order valence-electron chi connectivity index (χ1n) is 4.15. The second-order valence-corrected chi connectivity index (χ2v) is 4.13. The summed E-state index contributed by atoms with van der Waals surface area (Å²) in [5.74, 6) is 0.543. The molecule has 0 atom stereocenters. The Morgan fingerprint density at radius 3 is 2.36 bits per heavy atom. The van der Waals surface area contributed by atoms with Crippen LogP contribution < -0.4 is 15.1 Å². The summed E-state index contributed by atoms with van der Waals surface area (Å²) in [5, 5.41) is 8.63. The van der Waals surface area contributed by atoms with Gasteiger partial charge < -0.3 is 9.84 Å². The van der Waals surface area contributed by atoms with Gasteiger partial charge in [-0.25, -0.2) is 0 Å². The summed E-state index contributed by atoms with van der Waals surface area (Å²) in [7, 11) is 3.72. The third-order valence-electron chi connectivity index (χ3n) is 1.28. The first-order chi connectivity index (χ1) is 5.88. The maximum atomic E-state index is 5.01. The first-order valence-corrected chi connectivity index (χ1v) is 4.15. The molecule has 1 radical (unpaired) electrons. The molecule has 1 heterocycles. The predicted octanol–water partition coefficient (Wildman–Crippen LogP) is 0.168. The van der Waals surface area contributed by atoms with E-state index >= 15 is 0 Å². The van der Waals surface area contributed by atoms with Gasteiger partial charge in [0.25, 0.3) is 0 Å². The Kier molecular flexibility index (Phi) is 4.56. The van der Waals surface area contributed by atoms with Gasteiger partial charge in [-0.2, -0.15) is 5.01 Å². The third kappa shape index (κ3) is 4.07. The van der Waals surface area contributed by atoms with Gasteiger partial charge in [-0.1, -0.05) is 0 Å². The van der Waals surface area contributed by atoms with Gasteiger partial charge in [0.2, 0.25) is 0 Å². The fourth-order valence-electron chi connectivity index (χ4n) is 0.776. The van der Waals surface area contributed by atoms with Gasteiger partial charge in [-0.3, -0.25) is 0 Å². The van der Waals surface area contributed by atoms with E-state index in [0.717, 1.165) is 0 Å². The standard InChI is InChI=1S/C8H16N4O.Re/c1-8(2,3)9-7-6-12(10-13-7)11(4)5;/h9H,1-5H3;. The van der Waals surface area contributed by atoms with Gasteiger partial charge in [0.05, 0.1) is 14.1 Å². The Hall–Kier alpha value is -0.598. The van der Waals surface area contributed by atoms with Gasteiger partial charge in [-0.05, 0) is 27.0 Å². The summed E-state index contributed by atoms with van der Waals surface area (Å²) in [4.78, 5) is 1.49. The summed E-state index contributed by atoms with van der Waals surface area (Å²) >= 11 is 0. The van der Waals surface area contributed by atoms with Crippen LogP contribution in [0, 0.1) is 6.20 Å². The van der Waals surface area contributed by atoms with Crippen LogP contribution in [-0.2, 0) is 20.4 Å². The maximum Gasteiger partial charge on any atom is 0.191 e. The number of hydrogen-bond acceptors (Lipinski definition) is 4. The minimum absolute atomic E-state index is 0. The van der Waals surface area contributed by atoms with Crippen molar-refractivity contribution in [2.75, 3.05) is 24.4 Å². The molecule has 0 saturated carbocycles. The molecule has 0 aliphatic rings. The van der Waals surface area contributed by atoms with Crippen molar-refractivity contribution in [1.29, 1.82) is 0 Å². The number of hydrogen-bond donors (Lipinski definition) is 1. The Labute approximate surface area is 98.0 Å². The summed E-state index contributed by atoms with van der Waals surface area (Å²) in [6, 6.07) is 0. The number of anilines is 1. The van der Waals surface area contributed by atoms with E-state index in [-0.39, 0.29) is 26.0 Å². The van der Waals surface area contributed by atoms with Crippen molar-refractivity contribution in [3.8, 4) is 0 Å². The van der Waals surface area contributed by atoms with E-state index in [4.69, 9.17) is 4.52 Å². The number of nitrogens with one attached hydrogen (secondary N) is 1. The van der Waals surface area contributed by atoms with Crippen LogP contribution >= 0.6 is 0 Å². The average Bonchev–Trinajstić information content (AvgIpc) is 2.31. The fraction of sp³-hybridized carbons (Fsp3) is 0.750. The van der Waals surface area contributed by atoms with Gasteiger partial charge in [0, 0.05) is 26.0 Å². The number of nitrogens with zero attached hydrogens (tertiary/aromatic N) is 3. The largest absolute Gasteiger partial charge is 0.374 e. The Balaban J connectivity index is 0.00000169. The topological polar surface area (TPSA) is 45.2 Å². The molecule has 5 nitrogen and oxygen atoms in total. The van der Waals surface area contributed by atoms with Crippen LogP contribution in [0.25, 0.3) is 0 Å². The Morgan fingerprint density at radius 2 is 2.00 bits per heavy atom. The van der Waals surface area contributed by atoms with Gasteiger partial charge in [0.15, 0.2) is 5.27 Å². The van der Waals surface area contributed by atoms with Crippen LogP contribution in [0.1, 0.15) is 20.8 Å². The van der Waals surface area contributed by atoms with Crippen molar-refractivity contribution in [1.82, 2.24) is 5.27 Å². The first kappa shape index (κ1) is 13.4. The smallest absolute Gasteiger partial charge is 0.191 e. The Morgan fingerprint density at radius 1 is 1.43 bits per heavy atom. The van der Waals surface area contributed by atoms with E-state index in [2.05, 4.69) is 16.8 Å². The fourth-order valence-corrected chi connectivity index (χ4v) is 0.776. The van der Waals surface area contributed by atoms with Gasteiger partial charge in [-0.15, -0.1) is 4.79 Å². The molecule has 1 rings (SSSR count). The second-order valence-electron chi connectivity index (χ2n) is 4.13. The third-order valence-corrected chi connectivity index (χ3v) is 1.28. The Bertz CT molecular complexity index is 279. The molecule has 0 aliphatic carbocycles. The molecule has 0 unspecified atom stereocenters. The normalized spacial score (nSPS) is 10.6. The van der Waals surface area contributed by atoms with Gasteiger partial charge in [0.1, 0.15) is 5.88 Å². The molecular formula is C8H16N4ORe. The van der Waals surface area contributed by atoms with E-state index in [1.165, 1.54) is 4.79 Å². The molecule has 6 heteroatoms. The van der Waals surface area contributed by atoms with Crippen molar-refractivity contribution in [2.45, 2.75) is 26.3 Å². The maximum absolute atomic E-state index is 5.01. The molecule has 0 saturated heterocycles. The minimum Gasteiger partial charge on any atom is -0.374 e. The number of aromatic nitrogens is 2. The monoisotopic (exact) mass is 371 g/mol. The molecule has 0 aliphatic heterocycles. The molecule has 0 amide bonds. The van der Waals surface area contributed by atoms with E-state index in [1.54, 1.807) is 5.01 Å². The van der Waals surface area contributed by atoms with Crippen molar-refractivity contribution < 1.29 is 29.7 Å². The zero-order valence-corrected chi connectivity index (χ0v) is 11.8. The zero-order valence-electron chi connectivity index (χ0n) is 9.13. The molecule has 0 fully saturated rings. The quantitative estimate of drug-likeness (QED) is 0.596. The molecule has 1 aromatic heterocycles. The van der Waals surface area contributed by atoms with Gasteiger partial charge >= 0.3 is 0 Å². The van der Waals surface area contributed by atoms with E-state index in [1.807, 2.05) is 34.9 Å². The van der Waals surface area contributed by atoms with E-state index < -0.39 is 0 Å². The molecular weight excluding hydrogens is 354 g/mol. The summed E-state index contributed by atoms with van der Waals surface area (Å²) in [5.41, 5.74) is -0.0415. The van der Waals surface area contributed by atoms with Crippen molar-refractivity contribution >= 4 is 5.88 Å². The SMILES string of the molecule is CN(C)[n+]1[c-]c(NC(C)(C)C)on1.[Re]. The molecule has 1 N–H and O–H groups in total. The van der Waals surface area contributed by atoms with Crippen molar-refractivity contribution in [2.24, 2.45) is 0 Å². The second kappa shape index (κ2) is 4.76. The van der Waals surface area contributed by atoms with Crippen LogP contribution in [0.3, 0.4) is 0 Å². The summed E-state index contributed by atoms with van der Waals surface area (Å²) in [6.45, 7) is 6.14. The molecule has 1 aromatic rings. The van der Waals surface area contributed by atoms with Crippen LogP contribution in [0.15, 0.2) is 4.52 Å². The van der Waals surface area contributed by atoms with Crippen molar-refractivity contribution in [3.63, 3.8) is 0 Å². The zero-order chi connectivity index (χ0) is 10.1. The predicted molar refractivity (Wildman–Crippen MR) is 49.0 cm³/mol. The van der Waals surface area contributed by atoms with Crippen LogP contribution in [0.5, 0.6) is 0 Å². The summed E-state index contributed by atoms with van der Waals surface area (Å²) < 4.78 is 5.01. The average molecular weight is 370 g/mol. The number of rotatable bonds is 2. The molecule has 0 aromatic carbocycles. The molecule has 0 spiro atoms. The molecule has 81 valence electrons. The molecule has 0 bridgehead atoms.